The van der Waals surface area contributed by atoms with Crippen LogP contribution in [0, 0.1) is 0 Å². The Morgan fingerprint density at radius 1 is 1.33 bits per heavy atom. The Balaban J connectivity index is 2.75. The van der Waals surface area contributed by atoms with E-state index < -0.39 is 16.0 Å². The van der Waals surface area contributed by atoms with Crippen LogP contribution in [-0.4, -0.2) is 30.8 Å². The van der Waals surface area contributed by atoms with Crippen molar-refractivity contribution in [1.82, 2.24) is 9.78 Å². The molecule has 1 heterocycles. The molecule has 0 saturated heterocycles. The maximum Gasteiger partial charge on any atom is 0.360 e. The summed E-state index contributed by atoms with van der Waals surface area (Å²) in [6, 6.07) is 8.71. The smallest absolute Gasteiger partial charge is 0.360 e. The van der Waals surface area contributed by atoms with E-state index in [1.165, 1.54) is 4.68 Å². The van der Waals surface area contributed by atoms with Crippen LogP contribution in [0.25, 0.3) is 11.3 Å². The topological polar surface area (TPSA) is 104 Å². The zero-order valence-corrected chi connectivity index (χ0v) is 12.4. The van der Waals surface area contributed by atoms with Gasteiger partial charge in [-0.1, -0.05) is 30.3 Å². The number of ether oxygens (including phenoxy) is 1. The number of hydrogen-bond acceptors (Lipinski definition) is 5. The molecule has 0 aliphatic rings. The number of aryl methyl sites for hydroxylation is 1. The Labute approximate surface area is 122 Å². The lowest BCUT2D eigenvalue weighted by atomic mass is 10.1. The van der Waals surface area contributed by atoms with Crippen molar-refractivity contribution in [2.24, 2.45) is 12.2 Å². The lowest BCUT2D eigenvalue weighted by Crippen LogP contribution is -2.17. The first-order valence-electron chi connectivity index (χ1n) is 6.18. The van der Waals surface area contributed by atoms with E-state index >= 15 is 0 Å². The number of carbonyl (C=O) groups is 1. The van der Waals surface area contributed by atoms with Gasteiger partial charge in [0.25, 0.3) is 0 Å². The van der Waals surface area contributed by atoms with Crippen molar-refractivity contribution in [3.05, 3.63) is 36.0 Å². The summed E-state index contributed by atoms with van der Waals surface area (Å²) < 4.78 is 29.9. The van der Waals surface area contributed by atoms with E-state index in [-0.39, 0.29) is 22.9 Å². The minimum absolute atomic E-state index is 0.111. The fourth-order valence-corrected chi connectivity index (χ4v) is 2.93. The van der Waals surface area contributed by atoms with Crippen LogP contribution >= 0.6 is 0 Å². The third-order valence-electron chi connectivity index (χ3n) is 2.80. The summed E-state index contributed by atoms with van der Waals surface area (Å²) in [7, 11) is -2.60. The third-order valence-corrected chi connectivity index (χ3v) is 3.76. The lowest BCUT2D eigenvalue weighted by Gasteiger charge is -2.05. The van der Waals surface area contributed by atoms with Crippen molar-refractivity contribution in [2.45, 2.75) is 11.8 Å². The highest BCUT2D eigenvalue weighted by Gasteiger charge is 2.30. The van der Waals surface area contributed by atoms with Crippen LogP contribution in [0.2, 0.25) is 0 Å². The molecule has 0 saturated carbocycles. The fourth-order valence-electron chi connectivity index (χ4n) is 2.02. The summed E-state index contributed by atoms with van der Waals surface area (Å²) in [5.74, 6) is -0.820. The van der Waals surface area contributed by atoms with Crippen LogP contribution in [0.3, 0.4) is 0 Å². The van der Waals surface area contributed by atoms with Gasteiger partial charge in [-0.2, -0.15) is 5.10 Å². The van der Waals surface area contributed by atoms with Crippen molar-refractivity contribution in [1.29, 1.82) is 0 Å². The second kappa shape index (κ2) is 5.66. The van der Waals surface area contributed by atoms with Gasteiger partial charge in [-0.25, -0.2) is 18.4 Å². The number of carbonyl (C=O) groups excluding carboxylic acids is 1. The van der Waals surface area contributed by atoms with E-state index in [2.05, 4.69) is 5.10 Å². The summed E-state index contributed by atoms with van der Waals surface area (Å²) in [6.07, 6.45) is 0. The molecule has 0 radical (unpaired) electrons. The van der Waals surface area contributed by atoms with Gasteiger partial charge in [0.1, 0.15) is 4.90 Å². The monoisotopic (exact) mass is 309 g/mol. The minimum atomic E-state index is -4.14. The van der Waals surface area contributed by atoms with Crippen LogP contribution < -0.4 is 5.14 Å². The number of sulfonamides is 1. The molecule has 0 aliphatic heterocycles. The van der Waals surface area contributed by atoms with E-state index in [9.17, 15) is 13.2 Å². The summed E-state index contributed by atoms with van der Waals surface area (Å²) >= 11 is 0. The largest absolute Gasteiger partial charge is 0.461 e. The second-order valence-corrected chi connectivity index (χ2v) is 5.78. The molecule has 0 atom stereocenters. The van der Waals surface area contributed by atoms with Crippen LogP contribution in [0.5, 0.6) is 0 Å². The Morgan fingerprint density at radius 2 is 1.95 bits per heavy atom. The van der Waals surface area contributed by atoms with Crippen molar-refractivity contribution in [3.8, 4) is 11.3 Å². The zero-order chi connectivity index (χ0) is 15.6. The van der Waals surface area contributed by atoms with Gasteiger partial charge < -0.3 is 4.74 Å². The van der Waals surface area contributed by atoms with Gasteiger partial charge in [-0.3, -0.25) is 4.68 Å². The molecule has 0 spiro atoms. The number of hydrogen-bond donors (Lipinski definition) is 1. The third kappa shape index (κ3) is 2.96. The minimum Gasteiger partial charge on any atom is -0.461 e. The molecular formula is C13H15N3O4S. The number of aromatic nitrogens is 2. The van der Waals surface area contributed by atoms with E-state index in [0.29, 0.717) is 5.56 Å². The lowest BCUT2D eigenvalue weighted by molar-refractivity contribution is 0.0514. The van der Waals surface area contributed by atoms with Gasteiger partial charge in [-0.15, -0.1) is 0 Å². The van der Waals surface area contributed by atoms with Gasteiger partial charge in [0.05, 0.1) is 12.3 Å². The molecule has 7 nitrogen and oxygen atoms in total. The van der Waals surface area contributed by atoms with Crippen LogP contribution in [-0.2, 0) is 21.8 Å². The first-order chi connectivity index (χ1) is 9.86. The van der Waals surface area contributed by atoms with E-state index in [0.717, 1.165) is 0 Å². The molecule has 0 amide bonds. The van der Waals surface area contributed by atoms with Crippen LogP contribution in [0.1, 0.15) is 17.4 Å². The first-order valence-corrected chi connectivity index (χ1v) is 7.73. The van der Waals surface area contributed by atoms with Crippen molar-refractivity contribution in [2.75, 3.05) is 6.61 Å². The van der Waals surface area contributed by atoms with E-state index in [4.69, 9.17) is 9.88 Å². The van der Waals surface area contributed by atoms with Gasteiger partial charge in [0.15, 0.2) is 5.69 Å². The molecule has 0 fully saturated rings. The van der Waals surface area contributed by atoms with Crippen molar-refractivity contribution in [3.63, 3.8) is 0 Å². The van der Waals surface area contributed by atoms with Gasteiger partial charge in [0.2, 0.25) is 10.0 Å². The summed E-state index contributed by atoms with van der Waals surface area (Å²) in [6.45, 7) is 1.73. The Hall–Kier alpha value is -2.19. The molecule has 21 heavy (non-hydrogen) atoms. The van der Waals surface area contributed by atoms with Gasteiger partial charge >= 0.3 is 5.97 Å². The Bertz CT molecular complexity index is 766. The molecule has 0 unspecified atom stereocenters. The predicted molar refractivity (Wildman–Crippen MR) is 76.0 cm³/mol. The number of benzene rings is 1. The zero-order valence-electron chi connectivity index (χ0n) is 11.6. The molecule has 2 aromatic rings. The average molecular weight is 309 g/mol. The maximum absolute atomic E-state index is 11.9. The SMILES string of the molecule is CCOC(=O)c1nn(C)c(-c2ccccc2)c1S(N)(=O)=O. The maximum atomic E-state index is 11.9. The standard InChI is InChI=1S/C13H15N3O4S/c1-3-20-13(17)10-12(21(14,18)19)11(16(2)15-10)9-7-5-4-6-8-9/h4-8H,3H2,1-2H3,(H2,14,18,19). The summed E-state index contributed by atoms with van der Waals surface area (Å²) in [5.41, 5.74) is 0.536. The quantitative estimate of drug-likeness (QED) is 0.845. The van der Waals surface area contributed by atoms with Gasteiger partial charge in [-0.05, 0) is 6.92 Å². The highest BCUT2D eigenvalue weighted by atomic mass is 32.2. The number of rotatable bonds is 4. The predicted octanol–water partition coefficient (Wildman–Crippen LogP) is 0.911. The molecule has 1 aromatic heterocycles. The summed E-state index contributed by atoms with van der Waals surface area (Å²) in [5, 5.41) is 9.21. The highest BCUT2D eigenvalue weighted by molar-refractivity contribution is 7.89. The molecule has 1 aromatic carbocycles. The molecule has 0 bridgehead atoms. The fraction of sp³-hybridized carbons (Fsp3) is 0.231. The van der Waals surface area contributed by atoms with Crippen molar-refractivity contribution < 1.29 is 17.9 Å². The highest BCUT2D eigenvalue weighted by Crippen LogP contribution is 2.29. The average Bonchev–Trinajstić information content (AvgIpc) is 2.78. The number of nitrogens with two attached hydrogens (primary N) is 1. The van der Waals surface area contributed by atoms with Crippen molar-refractivity contribution >= 4 is 16.0 Å². The van der Waals surface area contributed by atoms with E-state index in [1.54, 1.807) is 44.3 Å². The van der Waals surface area contributed by atoms with Crippen LogP contribution in [0.15, 0.2) is 35.2 Å². The van der Waals surface area contributed by atoms with Gasteiger partial charge in [0, 0.05) is 12.6 Å². The number of primary sulfonamides is 1. The molecule has 0 aliphatic carbocycles. The van der Waals surface area contributed by atoms with Crippen LogP contribution in [0.4, 0.5) is 0 Å². The molecule has 2 rings (SSSR count). The molecule has 2 N–H and O–H groups in total. The Kier molecular flexibility index (Phi) is 4.10. The molecule has 112 valence electrons. The first kappa shape index (κ1) is 15.2. The number of nitrogens with zero attached hydrogens (tertiary/aromatic N) is 2. The normalized spacial score (nSPS) is 11.4. The summed E-state index contributed by atoms with van der Waals surface area (Å²) in [4.78, 5) is 11.6. The number of esters is 1. The second-order valence-electron chi connectivity index (χ2n) is 4.28. The molecule has 8 heteroatoms. The molecular weight excluding hydrogens is 294 g/mol. The Morgan fingerprint density at radius 3 is 2.48 bits per heavy atom. The van der Waals surface area contributed by atoms with E-state index in [1.807, 2.05) is 0 Å².